The fourth-order valence-corrected chi connectivity index (χ4v) is 3.25. The molecular formula is C20H23N5O2. The lowest BCUT2D eigenvalue weighted by molar-refractivity contribution is 0.0640. The van der Waals surface area contributed by atoms with Crippen LogP contribution < -0.4 is 16.0 Å². The van der Waals surface area contributed by atoms with Gasteiger partial charge in [-0.25, -0.2) is 9.78 Å². The van der Waals surface area contributed by atoms with Gasteiger partial charge in [-0.05, 0) is 49.7 Å². The number of anilines is 1. The Kier molecular flexibility index (Phi) is 4.55. The maximum absolute atomic E-state index is 12.0. The van der Waals surface area contributed by atoms with Gasteiger partial charge in [0, 0.05) is 36.7 Å². The fraction of sp³-hybridized carbons (Fsp3) is 0.300. The highest BCUT2D eigenvalue weighted by molar-refractivity contribution is 5.89. The Balaban J connectivity index is 1.40. The van der Waals surface area contributed by atoms with E-state index in [2.05, 4.69) is 20.9 Å². The maximum atomic E-state index is 12.0. The number of amides is 2. The smallest absolute Gasteiger partial charge is 0.319 e. The predicted octanol–water partition coefficient (Wildman–Crippen LogP) is 2.16. The normalized spacial score (nSPS) is 19.3. The van der Waals surface area contributed by atoms with E-state index in [0.29, 0.717) is 18.7 Å². The Morgan fingerprint density at radius 3 is 2.89 bits per heavy atom. The number of hydrogen-bond acceptors (Lipinski definition) is 4. The van der Waals surface area contributed by atoms with Gasteiger partial charge in [-0.3, -0.25) is 0 Å². The lowest BCUT2D eigenvalue weighted by atomic mass is 10.0. The van der Waals surface area contributed by atoms with Gasteiger partial charge in [0.1, 0.15) is 5.65 Å². The third-order valence-electron chi connectivity index (χ3n) is 4.85. The van der Waals surface area contributed by atoms with Crippen LogP contribution in [0.1, 0.15) is 12.0 Å². The predicted molar refractivity (Wildman–Crippen MR) is 105 cm³/mol. The lowest BCUT2D eigenvalue weighted by Crippen LogP contribution is -2.45. The second-order valence-electron chi connectivity index (χ2n) is 7.13. The van der Waals surface area contributed by atoms with Gasteiger partial charge in [0.15, 0.2) is 0 Å². The minimum absolute atomic E-state index is 0.227. The number of rotatable bonds is 4. The van der Waals surface area contributed by atoms with Crippen LogP contribution in [0, 0.1) is 6.92 Å². The molecule has 7 nitrogen and oxygen atoms in total. The Labute approximate surface area is 157 Å². The number of aliphatic hydroxyl groups is 1. The molecule has 3 aromatic rings. The quantitative estimate of drug-likeness (QED) is 0.570. The number of nitrogens with zero attached hydrogens (tertiary/aromatic N) is 2. The minimum atomic E-state index is -0.858. The van der Waals surface area contributed by atoms with Crippen LogP contribution in [0.2, 0.25) is 0 Å². The van der Waals surface area contributed by atoms with Crippen LogP contribution in [-0.2, 0) is 0 Å². The van der Waals surface area contributed by atoms with E-state index in [1.54, 1.807) is 0 Å². The van der Waals surface area contributed by atoms with E-state index in [-0.39, 0.29) is 12.6 Å². The Hall–Kier alpha value is -2.90. The fourth-order valence-electron chi connectivity index (χ4n) is 3.25. The minimum Gasteiger partial charge on any atom is -0.387 e. The number of benzene rings is 1. The topological polar surface area (TPSA) is 90.7 Å². The molecule has 3 heterocycles. The van der Waals surface area contributed by atoms with E-state index in [9.17, 15) is 9.90 Å². The van der Waals surface area contributed by atoms with Gasteiger partial charge in [-0.1, -0.05) is 12.1 Å². The second-order valence-corrected chi connectivity index (χ2v) is 7.13. The molecule has 0 spiro atoms. The van der Waals surface area contributed by atoms with Crippen LogP contribution in [0.5, 0.6) is 0 Å². The molecule has 0 aliphatic carbocycles. The molecule has 140 valence electrons. The number of pyridine rings is 1. The van der Waals surface area contributed by atoms with Crippen molar-refractivity contribution >= 4 is 17.4 Å². The first-order chi connectivity index (χ1) is 13.0. The van der Waals surface area contributed by atoms with E-state index in [1.165, 1.54) is 5.56 Å². The number of fused-ring (bicyclic) bond motifs is 1. The summed E-state index contributed by atoms with van der Waals surface area (Å²) in [5, 5.41) is 18.8. The highest BCUT2D eigenvalue weighted by Crippen LogP contribution is 2.22. The summed E-state index contributed by atoms with van der Waals surface area (Å²) in [6, 6.07) is 11.3. The van der Waals surface area contributed by atoms with Crippen LogP contribution >= 0.6 is 0 Å². The van der Waals surface area contributed by atoms with Crippen LogP contribution in [0.25, 0.3) is 16.9 Å². The molecule has 0 radical (unpaired) electrons. The molecule has 4 N–H and O–H groups in total. The van der Waals surface area contributed by atoms with Crippen molar-refractivity contribution in [2.24, 2.45) is 0 Å². The highest BCUT2D eigenvalue weighted by atomic mass is 16.3. The number of hydrogen-bond donors (Lipinski definition) is 4. The van der Waals surface area contributed by atoms with Crippen molar-refractivity contribution in [3.05, 3.63) is 54.4 Å². The monoisotopic (exact) mass is 365 g/mol. The molecule has 2 aromatic heterocycles. The molecule has 27 heavy (non-hydrogen) atoms. The Bertz CT molecular complexity index is 958. The summed E-state index contributed by atoms with van der Waals surface area (Å²) < 4.78 is 1.99. The number of β-amino-alcohol motifs (C(OH)–C–C–N with tert-alkyl or cyclic N) is 1. The maximum Gasteiger partial charge on any atom is 0.319 e. The number of urea groups is 1. The van der Waals surface area contributed by atoms with Crippen LogP contribution in [0.4, 0.5) is 10.5 Å². The first-order valence-electron chi connectivity index (χ1n) is 9.05. The van der Waals surface area contributed by atoms with E-state index in [1.807, 2.05) is 60.1 Å². The standard InChI is InChI=1S/C20H23N5O2/c1-14-6-9-25-11-17(24-18(25)10-14)15-2-4-16(5-3-15)23-19(26)22-13-20(27)7-8-21-12-20/h2-6,9-11,21,27H,7-8,12-13H2,1H3,(H2,22,23,26)/t20-/m1/s1. The van der Waals surface area contributed by atoms with E-state index >= 15 is 0 Å². The average molecular weight is 365 g/mol. The average Bonchev–Trinajstić information content (AvgIpc) is 3.27. The van der Waals surface area contributed by atoms with Crippen molar-refractivity contribution in [1.29, 1.82) is 0 Å². The van der Waals surface area contributed by atoms with Crippen molar-refractivity contribution < 1.29 is 9.90 Å². The molecule has 2 amide bonds. The van der Waals surface area contributed by atoms with Gasteiger partial charge < -0.3 is 25.5 Å². The first-order valence-corrected chi connectivity index (χ1v) is 9.05. The zero-order valence-electron chi connectivity index (χ0n) is 15.2. The highest BCUT2D eigenvalue weighted by Gasteiger charge is 2.31. The molecule has 4 rings (SSSR count). The third kappa shape index (κ3) is 3.94. The first kappa shape index (κ1) is 17.5. The van der Waals surface area contributed by atoms with Gasteiger partial charge in [0.25, 0.3) is 0 Å². The number of carbonyl (C=O) groups is 1. The van der Waals surface area contributed by atoms with Gasteiger partial charge in [-0.2, -0.15) is 0 Å². The van der Waals surface area contributed by atoms with Crippen molar-refractivity contribution in [1.82, 2.24) is 20.0 Å². The molecule has 0 saturated carbocycles. The largest absolute Gasteiger partial charge is 0.387 e. The molecule has 7 heteroatoms. The van der Waals surface area contributed by atoms with Crippen LogP contribution in [0.15, 0.2) is 48.8 Å². The molecule has 1 atom stereocenters. The van der Waals surface area contributed by atoms with Gasteiger partial charge in [0.2, 0.25) is 0 Å². The van der Waals surface area contributed by atoms with E-state index in [0.717, 1.165) is 23.4 Å². The summed E-state index contributed by atoms with van der Waals surface area (Å²) in [6.45, 7) is 3.54. The second kappa shape index (κ2) is 7.02. The van der Waals surface area contributed by atoms with E-state index in [4.69, 9.17) is 0 Å². The van der Waals surface area contributed by atoms with Gasteiger partial charge in [0.05, 0.1) is 11.3 Å². The van der Waals surface area contributed by atoms with Gasteiger partial charge >= 0.3 is 6.03 Å². The Morgan fingerprint density at radius 2 is 2.15 bits per heavy atom. The summed E-state index contributed by atoms with van der Waals surface area (Å²) in [7, 11) is 0. The van der Waals surface area contributed by atoms with Crippen molar-refractivity contribution in [2.45, 2.75) is 18.9 Å². The van der Waals surface area contributed by atoms with Crippen molar-refractivity contribution in [2.75, 3.05) is 25.0 Å². The zero-order chi connectivity index (χ0) is 18.9. The molecule has 0 unspecified atom stereocenters. The van der Waals surface area contributed by atoms with Gasteiger partial charge in [-0.15, -0.1) is 0 Å². The van der Waals surface area contributed by atoms with Crippen molar-refractivity contribution in [3.63, 3.8) is 0 Å². The molecule has 1 aromatic carbocycles. The zero-order valence-corrected chi connectivity index (χ0v) is 15.2. The third-order valence-corrected chi connectivity index (χ3v) is 4.85. The van der Waals surface area contributed by atoms with Crippen LogP contribution in [0.3, 0.4) is 0 Å². The lowest BCUT2D eigenvalue weighted by Gasteiger charge is -2.21. The number of nitrogens with one attached hydrogen (secondary N) is 3. The summed E-state index contributed by atoms with van der Waals surface area (Å²) in [4.78, 5) is 16.7. The number of aryl methyl sites for hydroxylation is 1. The summed E-state index contributed by atoms with van der Waals surface area (Å²) in [5.41, 5.74) is 3.77. The summed E-state index contributed by atoms with van der Waals surface area (Å²) in [5.74, 6) is 0. The molecule has 1 fully saturated rings. The summed E-state index contributed by atoms with van der Waals surface area (Å²) >= 11 is 0. The molecule has 0 bridgehead atoms. The van der Waals surface area contributed by atoms with Crippen molar-refractivity contribution in [3.8, 4) is 11.3 Å². The molecule has 1 saturated heterocycles. The Morgan fingerprint density at radius 1 is 1.33 bits per heavy atom. The van der Waals surface area contributed by atoms with E-state index < -0.39 is 5.60 Å². The summed E-state index contributed by atoms with van der Waals surface area (Å²) in [6.07, 6.45) is 4.62. The number of aromatic nitrogens is 2. The molecule has 1 aliphatic heterocycles. The SMILES string of the molecule is Cc1ccn2cc(-c3ccc(NC(=O)NC[C@@]4(O)CCNC4)cc3)nc2c1. The number of imidazole rings is 1. The molecular weight excluding hydrogens is 342 g/mol. The van der Waals surface area contributed by atoms with Crippen LogP contribution in [-0.4, -0.2) is 45.8 Å². The number of carbonyl (C=O) groups excluding carboxylic acids is 1. The molecule has 1 aliphatic rings.